The van der Waals surface area contributed by atoms with E-state index in [2.05, 4.69) is 22.4 Å². The Kier molecular flexibility index (Phi) is 5.13. The molecule has 0 aliphatic heterocycles. The van der Waals surface area contributed by atoms with Gasteiger partial charge in [0.25, 0.3) is 0 Å². The summed E-state index contributed by atoms with van der Waals surface area (Å²) in [6.45, 7) is 3.87. The summed E-state index contributed by atoms with van der Waals surface area (Å²) < 4.78 is 13.5. The smallest absolute Gasteiger partial charge is 0.224 e. The highest BCUT2D eigenvalue weighted by atomic mass is 32.2. The van der Waals surface area contributed by atoms with E-state index in [0.717, 1.165) is 27.7 Å². The van der Waals surface area contributed by atoms with Gasteiger partial charge in [0.1, 0.15) is 5.82 Å². The van der Waals surface area contributed by atoms with E-state index in [1.54, 1.807) is 17.8 Å². The summed E-state index contributed by atoms with van der Waals surface area (Å²) in [6, 6.07) is 12.7. The Balaban J connectivity index is 1.74. The van der Waals surface area contributed by atoms with Crippen LogP contribution in [0.1, 0.15) is 29.8 Å². The molecule has 3 nitrogen and oxygen atoms in total. The number of rotatable bonds is 5. The molecule has 3 rings (SSSR count). The number of fused-ring (bicyclic) bond motifs is 1. The summed E-state index contributed by atoms with van der Waals surface area (Å²) in [5.41, 5.74) is 3.65. The number of aryl methyl sites for hydroxylation is 1. The van der Waals surface area contributed by atoms with Crippen LogP contribution in [0.2, 0.25) is 0 Å². The SMILES string of the molecule is CSc1ccc(C(C)NC(=O)Cc2c(C)[nH]c3ccc(F)cc23)cc1. The van der Waals surface area contributed by atoms with E-state index in [9.17, 15) is 9.18 Å². The molecule has 0 spiro atoms. The molecule has 1 aromatic heterocycles. The van der Waals surface area contributed by atoms with Crippen molar-refractivity contribution in [2.45, 2.75) is 31.2 Å². The van der Waals surface area contributed by atoms with Gasteiger partial charge in [0.15, 0.2) is 0 Å². The van der Waals surface area contributed by atoms with Crippen LogP contribution in [0.25, 0.3) is 10.9 Å². The van der Waals surface area contributed by atoms with E-state index in [0.29, 0.717) is 0 Å². The molecule has 5 heteroatoms. The van der Waals surface area contributed by atoms with Crippen LogP contribution in [-0.2, 0) is 11.2 Å². The van der Waals surface area contributed by atoms with Gasteiger partial charge in [0.05, 0.1) is 12.5 Å². The summed E-state index contributed by atoms with van der Waals surface area (Å²) in [5, 5.41) is 3.79. The molecule has 1 heterocycles. The number of hydrogen-bond acceptors (Lipinski definition) is 2. The average molecular weight is 356 g/mol. The molecule has 2 N–H and O–H groups in total. The third-order valence-electron chi connectivity index (χ3n) is 4.41. The Labute approximate surface area is 151 Å². The molecular formula is C20H21FN2OS. The molecule has 3 aromatic rings. The minimum atomic E-state index is -0.296. The molecule has 1 unspecified atom stereocenters. The number of amides is 1. The van der Waals surface area contributed by atoms with E-state index < -0.39 is 0 Å². The molecule has 0 fully saturated rings. The largest absolute Gasteiger partial charge is 0.358 e. The fourth-order valence-electron chi connectivity index (χ4n) is 3.01. The van der Waals surface area contributed by atoms with E-state index in [-0.39, 0.29) is 24.2 Å². The quantitative estimate of drug-likeness (QED) is 0.648. The van der Waals surface area contributed by atoms with Crippen LogP contribution < -0.4 is 5.32 Å². The molecule has 0 bridgehead atoms. The molecule has 1 atom stereocenters. The summed E-state index contributed by atoms with van der Waals surface area (Å²) >= 11 is 1.69. The number of aromatic amines is 1. The number of benzene rings is 2. The fraction of sp³-hybridized carbons (Fsp3) is 0.250. The van der Waals surface area contributed by atoms with Crippen molar-refractivity contribution >= 4 is 28.6 Å². The number of carbonyl (C=O) groups is 1. The first kappa shape index (κ1) is 17.5. The third kappa shape index (κ3) is 3.87. The van der Waals surface area contributed by atoms with Crippen LogP contribution in [0, 0.1) is 12.7 Å². The number of nitrogens with one attached hydrogen (secondary N) is 2. The molecule has 25 heavy (non-hydrogen) atoms. The van der Waals surface area contributed by atoms with Crippen LogP contribution >= 0.6 is 11.8 Å². The van der Waals surface area contributed by atoms with Crippen molar-refractivity contribution in [1.29, 1.82) is 0 Å². The van der Waals surface area contributed by atoms with Gasteiger partial charge in [0.2, 0.25) is 5.91 Å². The summed E-state index contributed by atoms with van der Waals surface area (Å²) in [5.74, 6) is -0.370. The zero-order valence-electron chi connectivity index (χ0n) is 14.5. The maximum atomic E-state index is 13.5. The van der Waals surface area contributed by atoms with Gasteiger partial charge in [-0.1, -0.05) is 12.1 Å². The number of hydrogen-bond donors (Lipinski definition) is 2. The number of halogens is 1. The van der Waals surface area contributed by atoms with Crippen molar-refractivity contribution in [1.82, 2.24) is 10.3 Å². The van der Waals surface area contributed by atoms with Crippen molar-refractivity contribution in [2.24, 2.45) is 0 Å². The zero-order valence-corrected chi connectivity index (χ0v) is 15.3. The minimum Gasteiger partial charge on any atom is -0.358 e. The molecule has 0 saturated heterocycles. The molecule has 130 valence electrons. The van der Waals surface area contributed by atoms with Gasteiger partial charge in [-0.25, -0.2) is 4.39 Å². The van der Waals surface area contributed by atoms with Gasteiger partial charge in [-0.3, -0.25) is 4.79 Å². The number of carbonyl (C=O) groups excluding carboxylic acids is 1. The standard InChI is InChI=1S/C20H21FN2OS/c1-12(14-4-7-16(25-3)8-5-14)23-20(24)11-17-13(2)22-19-9-6-15(21)10-18(17)19/h4-10,12,22H,11H2,1-3H3,(H,23,24). The topological polar surface area (TPSA) is 44.9 Å². The lowest BCUT2D eigenvalue weighted by atomic mass is 10.1. The second-order valence-corrected chi connectivity index (χ2v) is 7.04. The van der Waals surface area contributed by atoms with Crippen LogP contribution in [-0.4, -0.2) is 17.1 Å². The van der Waals surface area contributed by atoms with Crippen LogP contribution in [0.4, 0.5) is 4.39 Å². The minimum absolute atomic E-state index is 0.0743. The highest BCUT2D eigenvalue weighted by molar-refractivity contribution is 7.98. The Bertz CT molecular complexity index is 902. The maximum absolute atomic E-state index is 13.5. The van der Waals surface area contributed by atoms with E-state index in [4.69, 9.17) is 0 Å². The Morgan fingerprint density at radius 1 is 1.24 bits per heavy atom. The lowest BCUT2D eigenvalue weighted by Crippen LogP contribution is -2.28. The Morgan fingerprint density at radius 2 is 1.96 bits per heavy atom. The second-order valence-electron chi connectivity index (χ2n) is 6.16. The first-order valence-electron chi connectivity index (χ1n) is 8.18. The second kappa shape index (κ2) is 7.31. The van der Waals surface area contributed by atoms with Crippen molar-refractivity contribution < 1.29 is 9.18 Å². The van der Waals surface area contributed by atoms with Crippen LogP contribution in [0.3, 0.4) is 0 Å². The number of thioether (sulfide) groups is 1. The molecule has 2 aromatic carbocycles. The maximum Gasteiger partial charge on any atom is 0.224 e. The summed E-state index contributed by atoms with van der Waals surface area (Å²) in [6.07, 6.45) is 2.26. The van der Waals surface area contributed by atoms with Gasteiger partial charge in [-0.05, 0) is 61.6 Å². The number of H-pyrrole nitrogens is 1. The molecule has 0 aliphatic carbocycles. The highest BCUT2D eigenvalue weighted by Crippen LogP contribution is 2.24. The van der Waals surface area contributed by atoms with Crippen molar-refractivity contribution in [3.8, 4) is 0 Å². The Hall–Kier alpha value is -2.27. The zero-order chi connectivity index (χ0) is 18.0. The molecule has 0 saturated carbocycles. The first-order chi connectivity index (χ1) is 12.0. The molecule has 1 amide bonds. The number of aromatic nitrogens is 1. The Morgan fingerprint density at radius 3 is 2.64 bits per heavy atom. The molecular weight excluding hydrogens is 335 g/mol. The van der Waals surface area contributed by atoms with Crippen LogP contribution in [0.15, 0.2) is 47.4 Å². The molecule has 0 radical (unpaired) electrons. The first-order valence-corrected chi connectivity index (χ1v) is 9.40. The lowest BCUT2D eigenvalue weighted by Gasteiger charge is -2.15. The van der Waals surface area contributed by atoms with Crippen LogP contribution in [0.5, 0.6) is 0 Å². The normalized spacial score (nSPS) is 12.3. The summed E-state index contributed by atoms with van der Waals surface area (Å²) in [7, 11) is 0. The van der Waals surface area contributed by atoms with E-state index in [1.807, 2.05) is 32.2 Å². The van der Waals surface area contributed by atoms with Gasteiger partial charge in [-0.15, -0.1) is 11.8 Å². The average Bonchev–Trinajstić information content (AvgIpc) is 2.90. The van der Waals surface area contributed by atoms with E-state index >= 15 is 0 Å². The van der Waals surface area contributed by atoms with Gasteiger partial charge >= 0.3 is 0 Å². The predicted molar refractivity (Wildman–Crippen MR) is 101 cm³/mol. The monoisotopic (exact) mass is 356 g/mol. The van der Waals surface area contributed by atoms with E-state index in [1.165, 1.54) is 17.0 Å². The van der Waals surface area contributed by atoms with Crippen molar-refractivity contribution in [2.75, 3.05) is 6.26 Å². The van der Waals surface area contributed by atoms with Crippen molar-refractivity contribution in [3.63, 3.8) is 0 Å². The van der Waals surface area contributed by atoms with Crippen molar-refractivity contribution in [3.05, 3.63) is 65.1 Å². The lowest BCUT2D eigenvalue weighted by molar-refractivity contribution is -0.121. The van der Waals surface area contributed by atoms with Gasteiger partial charge in [0, 0.05) is 21.5 Å². The van der Waals surface area contributed by atoms with Gasteiger partial charge in [-0.2, -0.15) is 0 Å². The highest BCUT2D eigenvalue weighted by Gasteiger charge is 2.15. The summed E-state index contributed by atoms with van der Waals surface area (Å²) in [4.78, 5) is 16.9. The van der Waals surface area contributed by atoms with Gasteiger partial charge < -0.3 is 10.3 Å². The fourth-order valence-corrected chi connectivity index (χ4v) is 3.42. The molecule has 0 aliphatic rings. The predicted octanol–water partition coefficient (Wildman–Crippen LogP) is 4.76. The third-order valence-corrected chi connectivity index (χ3v) is 5.16.